The van der Waals surface area contributed by atoms with E-state index in [1.54, 1.807) is 12.1 Å². The summed E-state index contributed by atoms with van der Waals surface area (Å²) < 4.78 is 11.7. The molecule has 1 unspecified atom stereocenters. The summed E-state index contributed by atoms with van der Waals surface area (Å²) in [6, 6.07) is 6.07. The molecule has 0 fully saturated rings. The Morgan fingerprint density at radius 2 is 1.87 bits per heavy atom. The van der Waals surface area contributed by atoms with Gasteiger partial charge < -0.3 is 19.4 Å². The number of benzene rings is 2. The van der Waals surface area contributed by atoms with Crippen LogP contribution < -0.4 is 10.2 Å². The molecule has 23 heavy (non-hydrogen) atoms. The molecule has 2 N–H and O–H groups in total. The zero-order chi connectivity index (χ0) is 16.5. The standard InChI is InChI=1S/C18H16O5/c1-8-18(2,3)14-12(22-8)7-11(20)13-15(21)9-5-4-6-10(19)16(9)23-17(13)14/h4-8,19-20H,1-3H3. The minimum absolute atomic E-state index is 0.108. The van der Waals surface area contributed by atoms with Gasteiger partial charge in [-0.1, -0.05) is 19.9 Å². The van der Waals surface area contributed by atoms with E-state index in [2.05, 4.69) is 0 Å². The van der Waals surface area contributed by atoms with Crippen molar-refractivity contribution in [1.82, 2.24) is 0 Å². The summed E-state index contributed by atoms with van der Waals surface area (Å²) in [5.74, 6) is 0.219. The SMILES string of the molecule is CC1Oc2cc(O)c3c(=O)c4cccc(O)c4oc3c2C1(C)C. The summed E-state index contributed by atoms with van der Waals surface area (Å²) in [7, 11) is 0. The average Bonchev–Trinajstić information content (AvgIpc) is 2.70. The molecule has 0 saturated carbocycles. The first kappa shape index (κ1) is 13.9. The van der Waals surface area contributed by atoms with Gasteiger partial charge in [-0.3, -0.25) is 4.79 Å². The van der Waals surface area contributed by atoms with Crippen molar-refractivity contribution < 1.29 is 19.4 Å². The lowest BCUT2D eigenvalue weighted by Gasteiger charge is -2.22. The van der Waals surface area contributed by atoms with Gasteiger partial charge in [0.25, 0.3) is 0 Å². The predicted octanol–water partition coefficient (Wildman–Crippen LogP) is 3.42. The second kappa shape index (κ2) is 4.19. The Labute approximate surface area is 131 Å². The van der Waals surface area contributed by atoms with Crippen molar-refractivity contribution in [2.24, 2.45) is 0 Å². The Morgan fingerprint density at radius 3 is 2.61 bits per heavy atom. The highest BCUT2D eigenvalue weighted by Crippen LogP contribution is 2.49. The van der Waals surface area contributed by atoms with E-state index < -0.39 is 5.41 Å². The first-order valence-electron chi connectivity index (χ1n) is 7.44. The van der Waals surface area contributed by atoms with E-state index in [1.165, 1.54) is 12.1 Å². The minimum atomic E-state index is -0.394. The fourth-order valence-corrected chi connectivity index (χ4v) is 3.23. The molecule has 2 heterocycles. The number of ether oxygens (including phenoxy) is 1. The quantitative estimate of drug-likeness (QED) is 0.622. The van der Waals surface area contributed by atoms with Gasteiger partial charge in [0.1, 0.15) is 28.6 Å². The van der Waals surface area contributed by atoms with Crippen LogP contribution in [-0.4, -0.2) is 16.3 Å². The van der Waals surface area contributed by atoms with Gasteiger partial charge in [-0.25, -0.2) is 0 Å². The number of para-hydroxylation sites is 1. The fourth-order valence-electron chi connectivity index (χ4n) is 3.23. The monoisotopic (exact) mass is 312 g/mol. The highest BCUT2D eigenvalue weighted by molar-refractivity contribution is 5.98. The van der Waals surface area contributed by atoms with Gasteiger partial charge in [-0.15, -0.1) is 0 Å². The summed E-state index contributed by atoms with van der Waals surface area (Å²) in [5, 5.41) is 20.7. The normalized spacial score (nSPS) is 19.0. The minimum Gasteiger partial charge on any atom is -0.507 e. The number of rotatable bonds is 0. The largest absolute Gasteiger partial charge is 0.507 e. The lowest BCUT2D eigenvalue weighted by Crippen LogP contribution is -2.29. The molecule has 1 aromatic heterocycles. The molecule has 3 aromatic rings. The van der Waals surface area contributed by atoms with Crippen molar-refractivity contribution in [2.75, 3.05) is 0 Å². The number of hydrogen-bond acceptors (Lipinski definition) is 5. The van der Waals surface area contributed by atoms with Gasteiger partial charge in [0.05, 0.1) is 5.39 Å². The van der Waals surface area contributed by atoms with Crippen molar-refractivity contribution in [1.29, 1.82) is 0 Å². The van der Waals surface area contributed by atoms with Crippen LogP contribution in [0.2, 0.25) is 0 Å². The van der Waals surface area contributed by atoms with Crippen LogP contribution in [0.4, 0.5) is 0 Å². The predicted molar refractivity (Wildman–Crippen MR) is 86.4 cm³/mol. The molecule has 1 aliphatic rings. The zero-order valence-corrected chi connectivity index (χ0v) is 13.0. The molecule has 0 spiro atoms. The number of phenols is 2. The van der Waals surface area contributed by atoms with Crippen molar-refractivity contribution in [3.63, 3.8) is 0 Å². The third-order valence-corrected chi connectivity index (χ3v) is 4.86. The average molecular weight is 312 g/mol. The first-order chi connectivity index (χ1) is 10.8. The third-order valence-electron chi connectivity index (χ3n) is 4.86. The van der Waals surface area contributed by atoms with E-state index >= 15 is 0 Å². The Balaban J connectivity index is 2.29. The number of fused-ring (bicyclic) bond motifs is 4. The molecule has 1 atom stereocenters. The Kier molecular flexibility index (Phi) is 2.54. The molecule has 0 aliphatic carbocycles. The summed E-state index contributed by atoms with van der Waals surface area (Å²) >= 11 is 0. The molecule has 1 aliphatic heterocycles. The van der Waals surface area contributed by atoms with Gasteiger partial charge >= 0.3 is 0 Å². The van der Waals surface area contributed by atoms with E-state index in [-0.39, 0.29) is 45.0 Å². The van der Waals surface area contributed by atoms with Crippen LogP contribution in [0, 0.1) is 0 Å². The van der Waals surface area contributed by atoms with Crippen LogP contribution >= 0.6 is 0 Å². The second-order valence-corrected chi connectivity index (χ2v) is 6.54. The summed E-state index contributed by atoms with van der Waals surface area (Å²) in [6.45, 7) is 5.92. The number of aromatic hydroxyl groups is 2. The van der Waals surface area contributed by atoms with E-state index in [1.807, 2.05) is 20.8 Å². The molecule has 2 aromatic carbocycles. The van der Waals surface area contributed by atoms with E-state index in [0.717, 1.165) is 5.56 Å². The van der Waals surface area contributed by atoms with Crippen LogP contribution in [0.3, 0.4) is 0 Å². The Bertz CT molecular complexity index is 1030. The number of phenolic OH excluding ortho intramolecular Hbond substituents is 2. The lowest BCUT2D eigenvalue weighted by molar-refractivity contribution is 0.185. The van der Waals surface area contributed by atoms with Crippen molar-refractivity contribution in [3.05, 3.63) is 40.1 Å². The highest BCUT2D eigenvalue weighted by Gasteiger charge is 2.42. The van der Waals surface area contributed by atoms with Crippen LogP contribution in [0.5, 0.6) is 17.2 Å². The molecule has 5 nitrogen and oxygen atoms in total. The number of hydrogen-bond donors (Lipinski definition) is 2. The van der Waals surface area contributed by atoms with Crippen molar-refractivity contribution >= 4 is 21.9 Å². The molecule has 5 heteroatoms. The lowest BCUT2D eigenvalue weighted by atomic mass is 9.81. The van der Waals surface area contributed by atoms with E-state index in [4.69, 9.17) is 9.15 Å². The summed E-state index contributed by atoms with van der Waals surface area (Å²) in [4.78, 5) is 12.8. The van der Waals surface area contributed by atoms with Crippen LogP contribution in [0.1, 0.15) is 26.3 Å². The molecule has 0 amide bonds. The molecule has 4 rings (SSSR count). The third kappa shape index (κ3) is 1.64. The van der Waals surface area contributed by atoms with Gasteiger partial charge in [0, 0.05) is 17.0 Å². The van der Waals surface area contributed by atoms with Crippen LogP contribution in [-0.2, 0) is 5.41 Å². The Morgan fingerprint density at radius 1 is 1.13 bits per heavy atom. The van der Waals surface area contributed by atoms with Gasteiger partial charge in [-0.2, -0.15) is 0 Å². The molecule has 0 radical (unpaired) electrons. The highest BCUT2D eigenvalue weighted by atomic mass is 16.5. The fraction of sp³-hybridized carbons (Fsp3) is 0.278. The Hall–Kier alpha value is -2.69. The molecule has 0 bridgehead atoms. The van der Waals surface area contributed by atoms with Gasteiger partial charge in [0.15, 0.2) is 11.3 Å². The molecular weight excluding hydrogens is 296 g/mol. The van der Waals surface area contributed by atoms with E-state index in [0.29, 0.717) is 5.75 Å². The first-order valence-corrected chi connectivity index (χ1v) is 7.44. The summed E-state index contributed by atoms with van der Waals surface area (Å²) in [6.07, 6.45) is -0.132. The molecule has 0 saturated heterocycles. The smallest absolute Gasteiger partial charge is 0.204 e. The maximum Gasteiger partial charge on any atom is 0.204 e. The maximum atomic E-state index is 12.8. The van der Waals surface area contributed by atoms with Crippen LogP contribution in [0.25, 0.3) is 21.9 Å². The van der Waals surface area contributed by atoms with Crippen LogP contribution in [0.15, 0.2) is 33.5 Å². The van der Waals surface area contributed by atoms with Crippen molar-refractivity contribution in [3.8, 4) is 17.2 Å². The van der Waals surface area contributed by atoms with Gasteiger partial charge in [-0.05, 0) is 19.1 Å². The zero-order valence-electron chi connectivity index (χ0n) is 13.0. The van der Waals surface area contributed by atoms with Crippen molar-refractivity contribution in [2.45, 2.75) is 32.3 Å². The second-order valence-electron chi connectivity index (χ2n) is 6.54. The van der Waals surface area contributed by atoms with E-state index in [9.17, 15) is 15.0 Å². The maximum absolute atomic E-state index is 12.8. The molecular formula is C18H16O5. The van der Waals surface area contributed by atoms with Gasteiger partial charge in [0.2, 0.25) is 5.43 Å². The topological polar surface area (TPSA) is 79.9 Å². The summed E-state index contributed by atoms with van der Waals surface area (Å²) in [5.41, 5.74) is 0.365. The molecule has 118 valence electrons.